The summed E-state index contributed by atoms with van der Waals surface area (Å²) < 4.78 is 70.1. The number of aryl methyl sites for hydroxylation is 1. The minimum Gasteiger partial charge on any atom is -0.496 e. The molecule has 2 atom stereocenters. The van der Waals surface area contributed by atoms with Gasteiger partial charge in [0.2, 0.25) is 0 Å². The number of ether oxygens (including phenoxy) is 1. The van der Waals surface area contributed by atoms with Crippen LogP contribution in [0.5, 0.6) is 5.75 Å². The molecular weight excluding hydrogens is 417 g/mol. The predicted octanol–water partition coefficient (Wildman–Crippen LogP) is 1.91. The summed E-state index contributed by atoms with van der Waals surface area (Å²) in [6, 6.07) is 10.4. The van der Waals surface area contributed by atoms with Crippen molar-refractivity contribution in [3.8, 4) is 5.75 Å². The summed E-state index contributed by atoms with van der Waals surface area (Å²) in [6.45, 7) is 2.02. The molecule has 1 aliphatic rings. The lowest BCUT2D eigenvalue weighted by molar-refractivity contribution is 0.408. The number of hydrogen-bond donors (Lipinski definition) is 1. The van der Waals surface area contributed by atoms with E-state index in [1.54, 1.807) is 14.0 Å². The highest BCUT2D eigenvalue weighted by atomic mass is 32.2. The summed E-state index contributed by atoms with van der Waals surface area (Å²) in [4.78, 5) is -0.448. The van der Waals surface area contributed by atoms with Gasteiger partial charge in [0, 0.05) is 6.04 Å². The summed E-state index contributed by atoms with van der Waals surface area (Å²) in [6.07, 6.45) is 0.534. The molecule has 158 valence electrons. The SMILES string of the molecule is COc1ccccc1CCN[C@H]1CS(=O)(=O)C[C@@H]1S(=O)(=O)c1cc(C)ccc1F. The quantitative estimate of drug-likeness (QED) is 0.706. The number of rotatable bonds is 7. The van der Waals surface area contributed by atoms with Crippen molar-refractivity contribution in [2.75, 3.05) is 25.2 Å². The van der Waals surface area contributed by atoms with Crippen molar-refractivity contribution in [1.29, 1.82) is 0 Å². The van der Waals surface area contributed by atoms with Gasteiger partial charge in [-0.15, -0.1) is 0 Å². The Kier molecular flexibility index (Phi) is 6.30. The normalized spacial score (nSPS) is 21.2. The van der Waals surface area contributed by atoms with Crippen molar-refractivity contribution < 1.29 is 26.0 Å². The summed E-state index contributed by atoms with van der Waals surface area (Å²) >= 11 is 0. The maximum Gasteiger partial charge on any atom is 0.186 e. The number of benzene rings is 2. The molecule has 3 rings (SSSR count). The fourth-order valence-electron chi connectivity index (χ4n) is 3.61. The molecule has 0 bridgehead atoms. The zero-order valence-corrected chi connectivity index (χ0v) is 17.9. The van der Waals surface area contributed by atoms with E-state index >= 15 is 0 Å². The Bertz CT molecular complexity index is 1100. The molecule has 2 aromatic carbocycles. The van der Waals surface area contributed by atoms with E-state index in [-0.39, 0.29) is 5.75 Å². The molecule has 0 saturated carbocycles. The molecule has 1 fully saturated rings. The standard InChI is InChI=1S/C20H24FNO5S2/c1-14-7-8-16(21)19(11-14)29(25,26)20-13-28(23,24)12-17(20)22-10-9-15-5-3-4-6-18(15)27-2/h3-8,11,17,20,22H,9-10,12-13H2,1-2H3/t17-,20-/m0/s1. The fraction of sp³-hybridized carbons (Fsp3) is 0.400. The van der Waals surface area contributed by atoms with E-state index < -0.39 is 47.4 Å². The van der Waals surface area contributed by atoms with Gasteiger partial charge in [-0.2, -0.15) is 0 Å². The smallest absolute Gasteiger partial charge is 0.186 e. The van der Waals surface area contributed by atoms with E-state index in [1.165, 1.54) is 12.1 Å². The van der Waals surface area contributed by atoms with Crippen molar-refractivity contribution in [2.24, 2.45) is 0 Å². The molecule has 0 spiro atoms. The van der Waals surface area contributed by atoms with E-state index in [9.17, 15) is 21.2 Å². The molecule has 1 saturated heterocycles. The van der Waals surface area contributed by atoms with E-state index in [4.69, 9.17) is 4.74 Å². The van der Waals surface area contributed by atoms with Crippen LogP contribution in [0.3, 0.4) is 0 Å². The van der Waals surface area contributed by atoms with E-state index in [2.05, 4.69) is 5.32 Å². The largest absolute Gasteiger partial charge is 0.496 e. The summed E-state index contributed by atoms with van der Waals surface area (Å²) in [5.74, 6) is -0.974. The lowest BCUT2D eigenvalue weighted by atomic mass is 10.1. The van der Waals surface area contributed by atoms with E-state index in [0.29, 0.717) is 24.3 Å². The Hall–Kier alpha value is -1.97. The molecular formula is C20H24FNO5S2. The highest BCUT2D eigenvalue weighted by molar-refractivity contribution is 7.96. The summed E-state index contributed by atoms with van der Waals surface area (Å²) in [5, 5.41) is 1.83. The van der Waals surface area contributed by atoms with Crippen molar-refractivity contribution in [2.45, 2.75) is 29.5 Å². The summed E-state index contributed by atoms with van der Waals surface area (Å²) in [7, 11) is -6.15. The van der Waals surface area contributed by atoms with Crippen molar-refractivity contribution >= 4 is 19.7 Å². The van der Waals surface area contributed by atoms with Gasteiger partial charge in [-0.25, -0.2) is 21.2 Å². The van der Waals surface area contributed by atoms with Crippen LogP contribution in [0.4, 0.5) is 4.39 Å². The number of nitrogens with one attached hydrogen (secondary N) is 1. The van der Waals surface area contributed by atoms with Gasteiger partial charge in [0.15, 0.2) is 19.7 Å². The number of sulfone groups is 2. The van der Waals surface area contributed by atoms with E-state index in [0.717, 1.165) is 11.6 Å². The van der Waals surface area contributed by atoms with Crippen LogP contribution in [0.2, 0.25) is 0 Å². The van der Waals surface area contributed by atoms with Crippen LogP contribution >= 0.6 is 0 Å². The predicted molar refractivity (Wildman–Crippen MR) is 109 cm³/mol. The Morgan fingerprint density at radius 3 is 2.62 bits per heavy atom. The topological polar surface area (TPSA) is 89.5 Å². The van der Waals surface area contributed by atoms with Crippen LogP contribution < -0.4 is 10.1 Å². The molecule has 2 aromatic rings. The van der Waals surface area contributed by atoms with Crippen molar-refractivity contribution in [3.05, 3.63) is 59.4 Å². The average molecular weight is 442 g/mol. The van der Waals surface area contributed by atoms with Gasteiger partial charge in [0.1, 0.15) is 16.5 Å². The Morgan fingerprint density at radius 1 is 1.17 bits per heavy atom. The van der Waals surface area contributed by atoms with E-state index in [1.807, 2.05) is 24.3 Å². The second-order valence-corrected chi connectivity index (χ2v) is 11.5. The van der Waals surface area contributed by atoms with Crippen molar-refractivity contribution in [3.63, 3.8) is 0 Å². The van der Waals surface area contributed by atoms with Crippen molar-refractivity contribution in [1.82, 2.24) is 5.32 Å². The maximum absolute atomic E-state index is 14.2. The lowest BCUT2D eigenvalue weighted by Crippen LogP contribution is -2.44. The molecule has 0 aliphatic carbocycles. The van der Waals surface area contributed by atoms with Gasteiger partial charge in [-0.1, -0.05) is 24.3 Å². The van der Waals surface area contributed by atoms with Crippen LogP contribution in [0.1, 0.15) is 11.1 Å². The molecule has 1 aliphatic heterocycles. The Morgan fingerprint density at radius 2 is 1.90 bits per heavy atom. The molecule has 1 heterocycles. The van der Waals surface area contributed by atoms with Gasteiger partial charge in [-0.05, 0) is 49.2 Å². The average Bonchev–Trinajstić information content (AvgIpc) is 2.99. The van der Waals surface area contributed by atoms with Crippen LogP contribution in [0.25, 0.3) is 0 Å². The zero-order valence-electron chi connectivity index (χ0n) is 16.3. The molecule has 1 N–H and O–H groups in total. The zero-order chi connectivity index (χ0) is 21.2. The molecule has 0 aromatic heterocycles. The number of methoxy groups -OCH3 is 1. The van der Waals surface area contributed by atoms with Gasteiger partial charge in [0.25, 0.3) is 0 Å². The van der Waals surface area contributed by atoms with Gasteiger partial charge < -0.3 is 10.1 Å². The Labute approximate surface area is 170 Å². The molecule has 0 unspecified atom stereocenters. The summed E-state index contributed by atoms with van der Waals surface area (Å²) in [5.41, 5.74) is 1.51. The third kappa shape index (κ3) is 4.79. The second kappa shape index (κ2) is 8.41. The monoisotopic (exact) mass is 441 g/mol. The first-order valence-electron chi connectivity index (χ1n) is 9.20. The van der Waals surface area contributed by atoms with Crippen LogP contribution in [-0.2, 0) is 26.1 Å². The number of halogens is 1. The molecule has 0 amide bonds. The number of hydrogen-bond acceptors (Lipinski definition) is 6. The molecule has 29 heavy (non-hydrogen) atoms. The van der Waals surface area contributed by atoms with Gasteiger partial charge in [-0.3, -0.25) is 0 Å². The third-order valence-electron chi connectivity index (χ3n) is 5.09. The van der Waals surface area contributed by atoms with Crippen LogP contribution in [0.15, 0.2) is 47.4 Å². The first-order valence-corrected chi connectivity index (χ1v) is 12.6. The Balaban J connectivity index is 1.81. The molecule has 0 radical (unpaired) electrons. The molecule has 6 nitrogen and oxygen atoms in total. The van der Waals surface area contributed by atoms with Crippen LogP contribution in [-0.4, -0.2) is 53.3 Å². The maximum atomic E-state index is 14.2. The molecule has 9 heteroatoms. The number of para-hydroxylation sites is 1. The first-order chi connectivity index (χ1) is 13.6. The lowest BCUT2D eigenvalue weighted by Gasteiger charge is -2.20. The van der Waals surface area contributed by atoms with Gasteiger partial charge in [0.05, 0.1) is 23.9 Å². The minimum absolute atomic E-state index is 0.295. The third-order valence-corrected chi connectivity index (χ3v) is 9.25. The van der Waals surface area contributed by atoms with Crippen LogP contribution in [0, 0.1) is 12.7 Å². The highest BCUT2D eigenvalue weighted by Crippen LogP contribution is 2.28. The fourth-order valence-corrected chi connectivity index (χ4v) is 8.47. The minimum atomic E-state index is -4.16. The first kappa shape index (κ1) is 21.7. The second-order valence-electron chi connectivity index (χ2n) is 7.22. The van der Waals surface area contributed by atoms with Gasteiger partial charge >= 0.3 is 0 Å². The highest BCUT2D eigenvalue weighted by Gasteiger charge is 2.46.